The second-order valence-electron chi connectivity index (χ2n) is 7.64. The molecule has 3 N–H and O–H groups in total. The van der Waals surface area contributed by atoms with E-state index in [-0.39, 0.29) is 47.0 Å². The number of hydrogen-bond donors (Lipinski definition) is 3. The largest absolute Gasteiger partial charge is 0.506 e. The van der Waals surface area contributed by atoms with Crippen LogP contribution in [0.5, 0.6) is 17.2 Å². The van der Waals surface area contributed by atoms with Crippen LogP contribution in [0.15, 0.2) is 54.6 Å². The van der Waals surface area contributed by atoms with Crippen molar-refractivity contribution in [3.63, 3.8) is 0 Å². The van der Waals surface area contributed by atoms with Crippen LogP contribution in [0.25, 0.3) is 0 Å². The summed E-state index contributed by atoms with van der Waals surface area (Å²) in [6.45, 7) is 0.120. The van der Waals surface area contributed by atoms with E-state index >= 15 is 0 Å². The van der Waals surface area contributed by atoms with Gasteiger partial charge in [-0.1, -0.05) is 6.07 Å². The molecular formula is C24H16N2O8. The predicted octanol–water partition coefficient (Wildman–Crippen LogP) is 2.87. The van der Waals surface area contributed by atoms with Gasteiger partial charge >= 0.3 is 5.97 Å². The number of nitrogens with zero attached hydrogens (tertiary/aromatic N) is 1. The fraction of sp³-hybridized carbons (Fsp3) is 0.0833. The van der Waals surface area contributed by atoms with Crippen LogP contribution < -0.4 is 14.8 Å². The average Bonchev–Trinajstić information content (AvgIpc) is 3.38. The fourth-order valence-electron chi connectivity index (χ4n) is 3.76. The average molecular weight is 460 g/mol. The van der Waals surface area contributed by atoms with Gasteiger partial charge in [0.2, 0.25) is 6.79 Å². The number of anilines is 1. The zero-order chi connectivity index (χ0) is 24.0. The zero-order valence-electron chi connectivity index (χ0n) is 17.4. The van der Waals surface area contributed by atoms with Crippen molar-refractivity contribution in [3.8, 4) is 17.2 Å². The Balaban J connectivity index is 1.37. The van der Waals surface area contributed by atoms with Crippen LogP contribution in [-0.2, 0) is 6.54 Å². The molecule has 0 aromatic heterocycles. The summed E-state index contributed by atoms with van der Waals surface area (Å²) < 4.78 is 10.6. The third-order valence-electron chi connectivity index (χ3n) is 5.50. The predicted molar refractivity (Wildman–Crippen MR) is 116 cm³/mol. The summed E-state index contributed by atoms with van der Waals surface area (Å²) in [7, 11) is 0. The number of hydrogen-bond acceptors (Lipinski definition) is 7. The molecule has 10 nitrogen and oxygen atoms in total. The fourth-order valence-corrected chi connectivity index (χ4v) is 3.76. The van der Waals surface area contributed by atoms with E-state index in [0.29, 0.717) is 17.1 Å². The number of carbonyl (C=O) groups excluding carboxylic acids is 3. The number of imide groups is 1. The van der Waals surface area contributed by atoms with Gasteiger partial charge in [-0.2, -0.15) is 0 Å². The summed E-state index contributed by atoms with van der Waals surface area (Å²) in [6.07, 6.45) is 0. The van der Waals surface area contributed by atoms with Crippen molar-refractivity contribution in [2.45, 2.75) is 6.54 Å². The van der Waals surface area contributed by atoms with Crippen molar-refractivity contribution < 1.29 is 38.9 Å². The first-order chi connectivity index (χ1) is 16.3. The number of carboxylic acids is 1. The molecule has 3 aromatic carbocycles. The highest BCUT2D eigenvalue weighted by molar-refractivity contribution is 6.22. The molecule has 0 aliphatic carbocycles. The minimum absolute atomic E-state index is 0.0143. The number of ether oxygens (including phenoxy) is 2. The molecule has 5 rings (SSSR count). The molecular weight excluding hydrogens is 444 g/mol. The molecule has 170 valence electrons. The Bertz CT molecular complexity index is 1400. The highest BCUT2D eigenvalue weighted by atomic mass is 16.7. The molecule has 0 spiro atoms. The molecule has 0 bridgehead atoms. The molecule has 0 unspecified atom stereocenters. The summed E-state index contributed by atoms with van der Waals surface area (Å²) in [5, 5.41) is 21.5. The maximum atomic E-state index is 13.0. The van der Waals surface area contributed by atoms with Gasteiger partial charge in [-0.3, -0.25) is 19.3 Å². The molecule has 0 saturated heterocycles. The number of aromatic hydroxyl groups is 1. The van der Waals surface area contributed by atoms with Gasteiger partial charge in [-0.25, -0.2) is 4.79 Å². The first-order valence-corrected chi connectivity index (χ1v) is 10.1. The Morgan fingerprint density at radius 1 is 0.882 bits per heavy atom. The number of phenols is 1. The van der Waals surface area contributed by atoms with Crippen LogP contribution in [0, 0.1) is 0 Å². The number of benzene rings is 3. The van der Waals surface area contributed by atoms with Crippen LogP contribution >= 0.6 is 0 Å². The van der Waals surface area contributed by atoms with E-state index in [1.54, 1.807) is 18.2 Å². The lowest BCUT2D eigenvalue weighted by Gasteiger charge is -2.14. The topological polar surface area (TPSA) is 142 Å². The SMILES string of the molecule is O=C(O)c1ccc(O)c(NC(=O)c2ccc3c(c2)C(=O)N(Cc2ccc4c(c2)OCO4)C3=O)c1. The van der Waals surface area contributed by atoms with Crippen LogP contribution in [0.1, 0.15) is 47.0 Å². The second kappa shape index (κ2) is 7.93. The molecule has 0 fully saturated rings. The molecule has 3 amide bonds. The van der Waals surface area contributed by atoms with Crippen LogP contribution in [0.4, 0.5) is 5.69 Å². The van der Waals surface area contributed by atoms with Crippen molar-refractivity contribution in [1.82, 2.24) is 4.90 Å². The van der Waals surface area contributed by atoms with Gasteiger partial charge in [0.05, 0.1) is 28.9 Å². The van der Waals surface area contributed by atoms with Crippen molar-refractivity contribution in [1.29, 1.82) is 0 Å². The van der Waals surface area contributed by atoms with E-state index in [9.17, 15) is 24.3 Å². The zero-order valence-corrected chi connectivity index (χ0v) is 17.4. The standard InChI is InChI=1S/C24H16N2O8/c27-18-5-3-14(24(31)32)9-17(18)25-21(28)13-2-4-15-16(8-13)23(30)26(22(15)29)10-12-1-6-19-20(7-12)34-11-33-19/h1-9,27H,10-11H2,(H,25,28)(H,31,32). The van der Waals surface area contributed by atoms with Crippen LogP contribution in [-0.4, -0.2) is 45.6 Å². The lowest BCUT2D eigenvalue weighted by Crippen LogP contribution is -2.29. The molecule has 0 saturated carbocycles. The van der Waals surface area contributed by atoms with Gasteiger partial charge in [0.25, 0.3) is 17.7 Å². The normalized spacial score (nSPS) is 13.7. The number of carboxylic acid groups (broad SMARTS) is 1. The molecule has 3 aromatic rings. The Hall–Kier alpha value is -4.86. The number of rotatable bonds is 5. The van der Waals surface area contributed by atoms with Crippen molar-refractivity contribution in [2.75, 3.05) is 12.1 Å². The maximum Gasteiger partial charge on any atom is 0.335 e. The van der Waals surface area contributed by atoms with Gasteiger partial charge in [-0.05, 0) is 54.1 Å². The van der Waals surface area contributed by atoms with Gasteiger partial charge in [-0.15, -0.1) is 0 Å². The number of phenolic OH excluding ortho intramolecular Hbond substituents is 1. The smallest absolute Gasteiger partial charge is 0.335 e. The summed E-state index contributed by atoms with van der Waals surface area (Å²) in [6, 6.07) is 12.6. The Kier molecular flexibility index (Phi) is 4.90. The molecule has 0 radical (unpaired) electrons. The number of fused-ring (bicyclic) bond motifs is 2. The number of carbonyl (C=O) groups is 4. The van der Waals surface area contributed by atoms with E-state index in [2.05, 4.69) is 5.32 Å². The minimum Gasteiger partial charge on any atom is -0.506 e. The quantitative estimate of drug-likeness (QED) is 0.390. The first kappa shape index (κ1) is 21.0. The first-order valence-electron chi connectivity index (χ1n) is 10.1. The van der Waals surface area contributed by atoms with Crippen molar-refractivity contribution in [3.05, 3.63) is 82.4 Å². The third kappa shape index (κ3) is 3.56. The molecule has 0 atom stereocenters. The van der Waals surface area contributed by atoms with E-state index in [1.807, 2.05) is 0 Å². The monoisotopic (exact) mass is 460 g/mol. The van der Waals surface area contributed by atoms with Crippen LogP contribution in [0.2, 0.25) is 0 Å². The molecule has 2 aliphatic heterocycles. The Morgan fingerprint density at radius 3 is 2.41 bits per heavy atom. The number of aromatic carboxylic acids is 1. The highest BCUT2D eigenvalue weighted by Gasteiger charge is 2.36. The molecule has 2 heterocycles. The number of amides is 3. The van der Waals surface area contributed by atoms with Crippen molar-refractivity contribution in [2.24, 2.45) is 0 Å². The summed E-state index contributed by atoms with van der Waals surface area (Å²) in [5.74, 6) is -2.15. The van der Waals surface area contributed by atoms with Gasteiger partial charge in [0, 0.05) is 5.56 Å². The lowest BCUT2D eigenvalue weighted by molar-refractivity contribution is 0.0639. The van der Waals surface area contributed by atoms with Crippen molar-refractivity contribution >= 4 is 29.4 Å². The molecule has 2 aliphatic rings. The summed E-state index contributed by atoms with van der Waals surface area (Å²) >= 11 is 0. The highest BCUT2D eigenvalue weighted by Crippen LogP contribution is 2.34. The second-order valence-corrected chi connectivity index (χ2v) is 7.64. The van der Waals surface area contributed by atoms with Gasteiger partial charge in [0.15, 0.2) is 11.5 Å². The lowest BCUT2D eigenvalue weighted by atomic mass is 10.1. The minimum atomic E-state index is -1.22. The van der Waals surface area contributed by atoms with Crippen LogP contribution in [0.3, 0.4) is 0 Å². The molecule has 10 heteroatoms. The summed E-state index contributed by atoms with van der Waals surface area (Å²) in [5.41, 5.74) is 0.745. The van der Waals surface area contributed by atoms with Gasteiger partial charge in [0.1, 0.15) is 5.75 Å². The number of nitrogens with one attached hydrogen (secondary N) is 1. The Labute approximate surface area is 191 Å². The van der Waals surface area contributed by atoms with Gasteiger partial charge < -0.3 is 25.0 Å². The maximum absolute atomic E-state index is 13.0. The summed E-state index contributed by atoms with van der Waals surface area (Å²) in [4.78, 5) is 50.7. The van der Waals surface area contributed by atoms with E-state index in [0.717, 1.165) is 17.0 Å². The van der Waals surface area contributed by atoms with E-state index < -0.39 is 23.7 Å². The van der Waals surface area contributed by atoms with E-state index in [1.165, 1.54) is 24.3 Å². The third-order valence-corrected chi connectivity index (χ3v) is 5.50. The Morgan fingerprint density at radius 2 is 1.62 bits per heavy atom. The molecule has 34 heavy (non-hydrogen) atoms. The van der Waals surface area contributed by atoms with E-state index in [4.69, 9.17) is 14.6 Å².